The van der Waals surface area contributed by atoms with E-state index in [0.717, 1.165) is 5.69 Å². The molecule has 2 aromatic heterocycles. The number of fused-ring (bicyclic) bond motifs is 1. The van der Waals surface area contributed by atoms with Crippen molar-refractivity contribution in [1.82, 2.24) is 14.6 Å². The summed E-state index contributed by atoms with van der Waals surface area (Å²) in [6, 6.07) is 9.21. The van der Waals surface area contributed by atoms with E-state index in [1.807, 2.05) is 30.3 Å². The lowest BCUT2D eigenvalue weighted by molar-refractivity contribution is 0.355. The van der Waals surface area contributed by atoms with Crippen LogP contribution >= 0.6 is 0 Å². The first kappa shape index (κ1) is 13.0. The fourth-order valence-corrected chi connectivity index (χ4v) is 2.02. The summed E-state index contributed by atoms with van der Waals surface area (Å²) >= 11 is 0. The van der Waals surface area contributed by atoms with E-state index in [9.17, 15) is 0 Å². The number of hydrogen-bond donors (Lipinski definition) is 2. The Morgan fingerprint density at radius 3 is 2.67 bits per heavy atom. The first-order valence-electron chi connectivity index (χ1n) is 6.30. The molecule has 0 unspecified atom stereocenters. The molecule has 0 aliphatic heterocycles. The van der Waals surface area contributed by atoms with Crippen LogP contribution in [-0.2, 0) is 0 Å². The molecule has 3 aromatic rings. The summed E-state index contributed by atoms with van der Waals surface area (Å²) in [7, 11) is 3.19. The van der Waals surface area contributed by atoms with E-state index in [-0.39, 0.29) is 0 Å². The van der Waals surface area contributed by atoms with Crippen LogP contribution in [0, 0.1) is 0 Å². The zero-order valence-corrected chi connectivity index (χ0v) is 11.7. The number of rotatable bonds is 4. The Labute approximate surface area is 121 Å². The van der Waals surface area contributed by atoms with Crippen molar-refractivity contribution in [2.45, 2.75) is 0 Å². The Balaban J connectivity index is 1.92. The minimum atomic E-state index is 0.487. The molecule has 2 heterocycles. The average molecular weight is 285 g/mol. The van der Waals surface area contributed by atoms with Crippen molar-refractivity contribution < 1.29 is 9.47 Å². The van der Waals surface area contributed by atoms with E-state index in [1.54, 1.807) is 24.9 Å². The number of hydrogen-bond acceptors (Lipinski definition) is 6. The van der Waals surface area contributed by atoms with Crippen molar-refractivity contribution >= 4 is 23.0 Å². The highest BCUT2D eigenvalue weighted by atomic mass is 16.5. The molecular formula is C14H15N5O2. The highest BCUT2D eigenvalue weighted by Crippen LogP contribution is 2.30. The number of aromatic nitrogens is 3. The molecule has 0 bridgehead atoms. The SMILES string of the molecule is COc1ccc(Nc2ccc3ncc(N)n3n2)cc1OC. The van der Waals surface area contributed by atoms with Gasteiger partial charge < -0.3 is 20.5 Å². The predicted octanol–water partition coefficient (Wildman–Crippen LogP) is 2.07. The molecule has 0 amide bonds. The number of methoxy groups -OCH3 is 2. The van der Waals surface area contributed by atoms with E-state index in [0.29, 0.717) is 28.8 Å². The molecule has 0 spiro atoms. The van der Waals surface area contributed by atoms with Crippen molar-refractivity contribution in [2.24, 2.45) is 0 Å². The van der Waals surface area contributed by atoms with Gasteiger partial charge in [0.05, 0.1) is 20.4 Å². The average Bonchev–Trinajstić information content (AvgIpc) is 2.88. The van der Waals surface area contributed by atoms with Crippen molar-refractivity contribution in [3.63, 3.8) is 0 Å². The Morgan fingerprint density at radius 1 is 1.10 bits per heavy atom. The van der Waals surface area contributed by atoms with E-state index in [2.05, 4.69) is 15.4 Å². The second-order valence-electron chi connectivity index (χ2n) is 4.37. The van der Waals surface area contributed by atoms with Crippen LogP contribution in [0.1, 0.15) is 0 Å². The van der Waals surface area contributed by atoms with Gasteiger partial charge in [0.15, 0.2) is 23.0 Å². The van der Waals surface area contributed by atoms with Crippen LogP contribution < -0.4 is 20.5 Å². The van der Waals surface area contributed by atoms with Gasteiger partial charge in [-0.25, -0.2) is 4.98 Å². The predicted molar refractivity (Wildman–Crippen MR) is 80.2 cm³/mol. The third kappa shape index (κ3) is 2.40. The molecule has 0 saturated heterocycles. The molecule has 1 aromatic carbocycles. The smallest absolute Gasteiger partial charge is 0.162 e. The zero-order chi connectivity index (χ0) is 14.8. The minimum Gasteiger partial charge on any atom is -0.493 e. The molecule has 3 rings (SSSR count). The number of anilines is 3. The molecule has 3 N–H and O–H groups in total. The fraction of sp³-hybridized carbons (Fsp3) is 0.143. The van der Waals surface area contributed by atoms with E-state index < -0.39 is 0 Å². The Kier molecular flexibility index (Phi) is 3.23. The van der Waals surface area contributed by atoms with Crippen LogP contribution in [-0.4, -0.2) is 28.8 Å². The molecule has 108 valence electrons. The monoisotopic (exact) mass is 285 g/mol. The second kappa shape index (κ2) is 5.20. The quantitative estimate of drug-likeness (QED) is 0.763. The van der Waals surface area contributed by atoms with E-state index in [1.165, 1.54) is 0 Å². The molecular weight excluding hydrogens is 270 g/mol. The van der Waals surface area contributed by atoms with Crippen LogP contribution in [0.2, 0.25) is 0 Å². The number of imidazole rings is 1. The fourth-order valence-electron chi connectivity index (χ4n) is 2.02. The van der Waals surface area contributed by atoms with Gasteiger partial charge in [0.25, 0.3) is 0 Å². The molecule has 21 heavy (non-hydrogen) atoms. The summed E-state index contributed by atoms with van der Waals surface area (Å²) in [5.74, 6) is 2.46. The largest absolute Gasteiger partial charge is 0.493 e. The van der Waals surface area contributed by atoms with E-state index >= 15 is 0 Å². The number of ether oxygens (including phenoxy) is 2. The van der Waals surface area contributed by atoms with Crippen LogP contribution in [0.5, 0.6) is 11.5 Å². The van der Waals surface area contributed by atoms with Crippen molar-refractivity contribution in [1.29, 1.82) is 0 Å². The number of nitrogens with one attached hydrogen (secondary N) is 1. The van der Waals surface area contributed by atoms with Crippen molar-refractivity contribution in [3.8, 4) is 11.5 Å². The first-order valence-corrected chi connectivity index (χ1v) is 6.30. The maximum absolute atomic E-state index is 5.80. The Hall–Kier alpha value is -2.96. The lowest BCUT2D eigenvalue weighted by atomic mass is 10.2. The first-order chi connectivity index (χ1) is 10.2. The summed E-state index contributed by atoms with van der Waals surface area (Å²) in [5.41, 5.74) is 7.33. The third-order valence-electron chi connectivity index (χ3n) is 3.04. The third-order valence-corrected chi connectivity index (χ3v) is 3.04. The van der Waals surface area contributed by atoms with Gasteiger partial charge in [-0.2, -0.15) is 4.52 Å². The summed E-state index contributed by atoms with van der Waals surface area (Å²) in [4.78, 5) is 4.13. The standard InChI is InChI=1S/C14H15N5O2/c1-20-10-4-3-9(7-11(10)21-2)17-13-5-6-14-16-8-12(15)19(14)18-13/h3-8H,15H2,1-2H3,(H,17,18). The zero-order valence-electron chi connectivity index (χ0n) is 11.7. The van der Waals surface area contributed by atoms with Gasteiger partial charge in [-0.1, -0.05) is 0 Å². The summed E-state index contributed by atoms with van der Waals surface area (Å²) in [6.45, 7) is 0. The van der Waals surface area contributed by atoms with Crippen LogP contribution in [0.4, 0.5) is 17.3 Å². The molecule has 0 atom stereocenters. The lowest BCUT2D eigenvalue weighted by Crippen LogP contribution is -2.02. The van der Waals surface area contributed by atoms with Gasteiger partial charge >= 0.3 is 0 Å². The Morgan fingerprint density at radius 2 is 1.90 bits per heavy atom. The Bertz CT molecular complexity index is 784. The van der Waals surface area contributed by atoms with Gasteiger partial charge in [-0.3, -0.25) is 0 Å². The number of benzene rings is 1. The molecule has 7 nitrogen and oxygen atoms in total. The molecule has 0 aliphatic rings. The van der Waals surface area contributed by atoms with Gasteiger partial charge in [0, 0.05) is 11.8 Å². The second-order valence-corrected chi connectivity index (χ2v) is 4.37. The maximum atomic E-state index is 5.80. The normalized spacial score (nSPS) is 10.6. The van der Waals surface area contributed by atoms with Crippen LogP contribution in [0.3, 0.4) is 0 Å². The topological polar surface area (TPSA) is 86.7 Å². The highest BCUT2D eigenvalue weighted by molar-refractivity contribution is 5.62. The molecule has 0 saturated carbocycles. The number of nitrogen functional groups attached to an aromatic ring is 1. The van der Waals surface area contributed by atoms with E-state index in [4.69, 9.17) is 15.2 Å². The van der Waals surface area contributed by atoms with Crippen LogP contribution in [0.25, 0.3) is 5.65 Å². The molecule has 0 fully saturated rings. The molecule has 0 radical (unpaired) electrons. The van der Waals surface area contributed by atoms with Crippen LogP contribution in [0.15, 0.2) is 36.5 Å². The molecule has 0 aliphatic carbocycles. The highest BCUT2D eigenvalue weighted by Gasteiger charge is 2.06. The van der Waals surface area contributed by atoms with Gasteiger partial charge in [-0.15, -0.1) is 5.10 Å². The van der Waals surface area contributed by atoms with Gasteiger partial charge in [0.1, 0.15) is 5.82 Å². The minimum absolute atomic E-state index is 0.487. The summed E-state index contributed by atoms with van der Waals surface area (Å²) in [6.07, 6.45) is 1.57. The van der Waals surface area contributed by atoms with Gasteiger partial charge in [0.2, 0.25) is 0 Å². The summed E-state index contributed by atoms with van der Waals surface area (Å²) < 4.78 is 12.1. The summed E-state index contributed by atoms with van der Waals surface area (Å²) in [5, 5.41) is 7.56. The van der Waals surface area contributed by atoms with Crippen molar-refractivity contribution in [2.75, 3.05) is 25.3 Å². The molecule has 7 heteroatoms. The maximum Gasteiger partial charge on any atom is 0.162 e. The number of nitrogens with zero attached hydrogens (tertiary/aromatic N) is 3. The number of nitrogens with two attached hydrogens (primary N) is 1. The lowest BCUT2D eigenvalue weighted by Gasteiger charge is -2.11. The van der Waals surface area contributed by atoms with Crippen molar-refractivity contribution in [3.05, 3.63) is 36.5 Å². The van der Waals surface area contributed by atoms with Gasteiger partial charge in [-0.05, 0) is 24.3 Å².